The third kappa shape index (κ3) is 6.67. The fraction of sp³-hybridized carbons (Fsp3) is 0.476. The van der Waals surface area contributed by atoms with Crippen molar-refractivity contribution in [2.75, 3.05) is 14.2 Å². The predicted molar refractivity (Wildman–Crippen MR) is 99.3 cm³/mol. The Morgan fingerprint density at radius 3 is 2.04 bits per heavy atom. The second-order valence-electron chi connectivity index (χ2n) is 5.85. The van der Waals surface area contributed by atoms with Crippen LogP contribution in [0, 0.1) is 23.7 Å². The first-order chi connectivity index (χ1) is 12.9. The lowest BCUT2D eigenvalue weighted by atomic mass is 9.89. The van der Waals surface area contributed by atoms with E-state index in [-0.39, 0.29) is 23.1 Å². The average Bonchev–Trinajstić information content (AvgIpc) is 2.64. The number of carboxylic acid groups (broad SMARTS) is 1. The van der Waals surface area contributed by atoms with Gasteiger partial charge in [-0.25, -0.2) is 4.79 Å². The number of hydrogen-bond acceptors (Lipinski definition) is 5. The van der Waals surface area contributed by atoms with E-state index >= 15 is 0 Å². The van der Waals surface area contributed by atoms with Crippen LogP contribution >= 0.6 is 0 Å². The van der Waals surface area contributed by atoms with Gasteiger partial charge in [0.1, 0.15) is 0 Å². The van der Waals surface area contributed by atoms with E-state index in [9.17, 15) is 14.4 Å². The van der Waals surface area contributed by atoms with Crippen molar-refractivity contribution in [3.8, 4) is 23.7 Å². The van der Waals surface area contributed by atoms with E-state index in [1.807, 2.05) is 0 Å². The van der Waals surface area contributed by atoms with Crippen LogP contribution in [-0.4, -0.2) is 36.9 Å². The zero-order valence-electron chi connectivity index (χ0n) is 15.9. The highest BCUT2D eigenvalue weighted by molar-refractivity contribution is 6.23. The van der Waals surface area contributed by atoms with E-state index in [4.69, 9.17) is 14.6 Å². The summed E-state index contributed by atoms with van der Waals surface area (Å²) in [6.07, 6.45) is 4.68. The number of carbonyl (C=O) groups excluding carboxylic acids is 2. The lowest BCUT2D eigenvalue weighted by molar-refractivity contribution is -0.130. The fourth-order valence-electron chi connectivity index (χ4n) is 2.59. The number of aliphatic carboxylic acids is 1. The van der Waals surface area contributed by atoms with Crippen LogP contribution in [0.4, 0.5) is 0 Å². The zero-order chi connectivity index (χ0) is 20.2. The Balaban J connectivity index is 2.41. The third-order valence-electron chi connectivity index (χ3n) is 4.00. The molecular weight excluding hydrogens is 348 g/mol. The molecule has 27 heavy (non-hydrogen) atoms. The number of ether oxygens (including phenoxy) is 2. The Hall–Kier alpha value is -2.99. The Morgan fingerprint density at radius 2 is 1.44 bits per heavy atom. The molecule has 0 aliphatic heterocycles. The number of allylic oxidation sites excluding steroid dienone is 2. The summed E-state index contributed by atoms with van der Waals surface area (Å²) in [6.45, 7) is 1.63. The van der Waals surface area contributed by atoms with Crippen molar-refractivity contribution in [2.24, 2.45) is 0 Å². The standard InChI is InChI=1S/C21H24O6/c1-15-16(19(25)21(27-3)20(26-2)18(15)24)13-11-9-7-5-4-6-8-10-12-14-17(22)23/h6-11,13H2,1-3H3,(H,22,23). The van der Waals surface area contributed by atoms with Gasteiger partial charge in [0.05, 0.1) is 14.2 Å². The maximum absolute atomic E-state index is 12.5. The second kappa shape index (κ2) is 11.6. The minimum atomic E-state index is -1.11. The van der Waals surface area contributed by atoms with Crippen LogP contribution in [0.2, 0.25) is 0 Å². The van der Waals surface area contributed by atoms with E-state index in [2.05, 4.69) is 23.7 Å². The minimum Gasteiger partial charge on any atom is -0.489 e. The van der Waals surface area contributed by atoms with Gasteiger partial charge < -0.3 is 14.6 Å². The summed E-state index contributed by atoms with van der Waals surface area (Å²) in [5.74, 6) is 8.91. The molecule has 0 aromatic rings. The number of carbonyl (C=O) groups is 3. The highest BCUT2D eigenvalue weighted by Gasteiger charge is 2.34. The summed E-state index contributed by atoms with van der Waals surface area (Å²) in [5.41, 5.74) is 0.883. The zero-order valence-corrected chi connectivity index (χ0v) is 15.9. The maximum atomic E-state index is 12.5. The summed E-state index contributed by atoms with van der Waals surface area (Å²) >= 11 is 0. The summed E-state index contributed by atoms with van der Waals surface area (Å²) in [5, 5.41) is 8.37. The van der Waals surface area contributed by atoms with Gasteiger partial charge in [0, 0.05) is 36.3 Å². The lowest BCUT2D eigenvalue weighted by Gasteiger charge is -2.20. The summed E-state index contributed by atoms with van der Waals surface area (Å²) < 4.78 is 10.1. The number of ketones is 2. The molecule has 1 rings (SSSR count). The second-order valence-corrected chi connectivity index (χ2v) is 5.85. The summed E-state index contributed by atoms with van der Waals surface area (Å²) in [7, 11) is 2.69. The number of rotatable bonds is 8. The van der Waals surface area contributed by atoms with Gasteiger partial charge in [0.25, 0.3) is 0 Å². The largest absolute Gasteiger partial charge is 0.489 e. The Bertz CT molecular complexity index is 777. The molecule has 0 saturated heterocycles. The Kier molecular flexibility index (Phi) is 9.47. The highest BCUT2D eigenvalue weighted by Crippen LogP contribution is 2.28. The van der Waals surface area contributed by atoms with Crippen molar-refractivity contribution in [1.29, 1.82) is 0 Å². The van der Waals surface area contributed by atoms with Gasteiger partial charge in [-0.2, -0.15) is 0 Å². The smallest absolute Gasteiger partial charge is 0.381 e. The molecule has 1 N–H and O–H groups in total. The molecule has 0 fully saturated rings. The minimum absolute atomic E-state index is 0.0334. The van der Waals surface area contributed by atoms with E-state index in [1.54, 1.807) is 6.92 Å². The molecule has 0 radical (unpaired) electrons. The van der Waals surface area contributed by atoms with Crippen LogP contribution < -0.4 is 0 Å². The van der Waals surface area contributed by atoms with Crippen molar-refractivity contribution in [1.82, 2.24) is 0 Å². The molecule has 6 heteroatoms. The van der Waals surface area contributed by atoms with Crippen molar-refractivity contribution in [3.05, 3.63) is 22.7 Å². The van der Waals surface area contributed by atoms with E-state index in [1.165, 1.54) is 14.2 Å². The van der Waals surface area contributed by atoms with Crippen molar-refractivity contribution >= 4 is 17.5 Å². The molecule has 6 nitrogen and oxygen atoms in total. The van der Waals surface area contributed by atoms with Crippen molar-refractivity contribution < 1.29 is 29.0 Å². The molecule has 0 heterocycles. The number of methoxy groups -OCH3 is 2. The van der Waals surface area contributed by atoms with Gasteiger partial charge in [-0.1, -0.05) is 5.92 Å². The van der Waals surface area contributed by atoms with Gasteiger partial charge in [-0.15, -0.1) is 11.8 Å². The predicted octanol–water partition coefficient (Wildman–Crippen LogP) is 2.78. The van der Waals surface area contributed by atoms with Gasteiger partial charge in [0.15, 0.2) is 0 Å². The molecule has 144 valence electrons. The highest BCUT2D eigenvalue weighted by atomic mass is 16.5. The van der Waals surface area contributed by atoms with E-state index in [0.717, 1.165) is 19.3 Å². The van der Waals surface area contributed by atoms with E-state index in [0.29, 0.717) is 36.8 Å². The van der Waals surface area contributed by atoms with Crippen molar-refractivity contribution in [2.45, 2.75) is 51.9 Å². The van der Waals surface area contributed by atoms with E-state index < -0.39 is 5.97 Å². The lowest BCUT2D eigenvalue weighted by Crippen LogP contribution is -2.25. The quantitative estimate of drug-likeness (QED) is 0.400. The summed E-state index contributed by atoms with van der Waals surface area (Å²) in [6, 6.07) is 0. The molecule has 0 saturated carbocycles. The molecule has 0 amide bonds. The normalized spacial score (nSPS) is 13.6. The van der Waals surface area contributed by atoms with Gasteiger partial charge in [-0.05, 0) is 32.6 Å². The van der Waals surface area contributed by atoms with Crippen LogP contribution in [0.3, 0.4) is 0 Å². The molecule has 0 aromatic heterocycles. The molecule has 0 unspecified atom stereocenters. The molecule has 0 atom stereocenters. The molecule has 1 aliphatic rings. The molecular formula is C21H24O6. The number of hydrogen-bond donors (Lipinski definition) is 1. The summed E-state index contributed by atoms with van der Waals surface area (Å²) in [4.78, 5) is 34.9. The van der Waals surface area contributed by atoms with Crippen LogP contribution in [0.25, 0.3) is 0 Å². The van der Waals surface area contributed by atoms with Gasteiger partial charge in [-0.3, -0.25) is 9.59 Å². The van der Waals surface area contributed by atoms with Crippen LogP contribution in [-0.2, 0) is 23.9 Å². The number of unbranched alkanes of at least 4 members (excludes halogenated alkanes) is 4. The van der Waals surface area contributed by atoms with Gasteiger partial charge >= 0.3 is 5.97 Å². The first kappa shape index (κ1) is 22.1. The van der Waals surface area contributed by atoms with Gasteiger partial charge in [0.2, 0.25) is 23.1 Å². The maximum Gasteiger partial charge on any atom is 0.381 e. The number of Topliss-reactive ketones (excluding diaryl/α,β-unsaturated/α-hetero) is 2. The molecule has 0 aromatic carbocycles. The van der Waals surface area contributed by atoms with Crippen LogP contribution in [0.5, 0.6) is 0 Å². The first-order valence-corrected chi connectivity index (χ1v) is 8.72. The Labute approximate surface area is 159 Å². The molecule has 0 spiro atoms. The number of carboxylic acids is 1. The van der Waals surface area contributed by atoms with Crippen LogP contribution in [0.15, 0.2) is 22.7 Å². The SMILES string of the molecule is COC1=C(OC)C(=O)C(CCCCC#CCCCC#CC(=O)O)=C(C)C1=O. The monoisotopic (exact) mass is 372 g/mol. The van der Waals surface area contributed by atoms with Crippen LogP contribution in [0.1, 0.15) is 51.9 Å². The molecule has 1 aliphatic carbocycles. The first-order valence-electron chi connectivity index (χ1n) is 8.72. The Morgan fingerprint density at radius 1 is 0.889 bits per heavy atom. The average molecular weight is 372 g/mol. The fourth-order valence-corrected chi connectivity index (χ4v) is 2.59. The van der Waals surface area contributed by atoms with Crippen molar-refractivity contribution in [3.63, 3.8) is 0 Å². The third-order valence-corrected chi connectivity index (χ3v) is 4.00. The topological polar surface area (TPSA) is 89.9 Å². The molecule has 0 bridgehead atoms.